The summed E-state index contributed by atoms with van der Waals surface area (Å²) in [4.78, 5) is 38.3. The molecule has 2 aromatic carbocycles. The SMILES string of the molecule is CCC(C)N(CC(=O)O)C(=O)CC1CCCC1NC(=O)OCC1c2ccccc2-c2ccccc21. The van der Waals surface area contributed by atoms with Gasteiger partial charge in [-0.2, -0.15) is 0 Å². The van der Waals surface area contributed by atoms with E-state index in [1.54, 1.807) is 0 Å². The summed E-state index contributed by atoms with van der Waals surface area (Å²) < 4.78 is 5.69. The van der Waals surface area contributed by atoms with E-state index in [4.69, 9.17) is 4.74 Å². The summed E-state index contributed by atoms with van der Waals surface area (Å²) >= 11 is 0. The molecule has 7 heteroatoms. The van der Waals surface area contributed by atoms with Gasteiger partial charge in [0.05, 0.1) is 0 Å². The van der Waals surface area contributed by atoms with Crippen LogP contribution in [0.25, 0.3) is 11.1 Å². The maximum Gasteiger partial charge on any atom is 0.407 e. The second-order valence-electron chi connectivity index (χ2n) is 9.64. The molecule has 2 N–H and O–H groups in total. The lowest BCUT2D eigenvalue weighted by Crippen LogP contribution is -2.44. The van der Waals surface area contributed by atoms with E-state index in [2.05, 4.69) is 29.6 Å². The van der Waals surface area contributed by atoms with Gasteiger partial charge in [-0.05, 0) is 54.4 Å². The Morgan fingerprint density at radius 1 is 1.06 bits per heavy atom. The number of benzene rings is 2. The molecular weight excluding hydrogens is 444 g/mol. The number of amides is 2. The standard InChI is InChI=1S/C28H34N2O5/c1-3-18(2)30(16-27(32)33)26(31)15-19-9-8-14-25(19)29-28(34)35-17-24-22-12-6-4-10-20(22)21-11-5-7-13-23(21)24/h4-7,10-13,18-19,24-25H,3,8-9,14-17H2,1-2H3,(H,29,34)(H,32,33). The summed E-state index contributed by atoms with van der Waals surface area (Å²) in [7, 11) is 0. The van der Waals surface area contributed by atoms with E-state index in [9.17, 15) is 19.5 Å². The van der Waals surface area contributed by atoms with Gasteiger partial charge in [0, 0.05) is 24.4 Å². The molecule has 7 nitrogen and oxygen atoms in total. The van der Waals surface area contributed by atoms with Gasteiger partial charge in [0.25, 0.3) is 0 Å². The lowest BCUT2D eigenvalue weighted by atomic mass is 9.98. The first-order valence-electron chi connectivity index (χ1n) is 12.5. The Labute approximate surface area is 206 Å². The Hall–Kier alpha value is -3.35. The minimum absolute atomic E-state index is 0.00536. The molecule has 0 bridgehead atoms. The quantitative estimate of drug-likeness (QED) is 0.540. The van der Waals surface area contributed by atoms with Crippen LogP contribution in [0.15, 0.2) is 48.5 Å². The first-order valence-corrected chi connectivity index (χ1v) is 12.5. The van der Waals surface area contributed by atoms with E-state index < -0.39 is 12.1 Å². The highest BCUT2D eigenvalue weighted by atomic mass is 16.5. The van der Waals surface area contributed by atoms with Crippen LogP contribution >= 0.6 is 0 Å². The van der Waals surface area contributed by atoms with Crippen molar-refractivity contribution in [3.05, 3.63) is 59.7 Å². The summed E-state index contributed by atoms with van der Waals surface area (Å²) in [6.45, 7) is 3.74. The van der Waals surface area contributed by atoms with Crippen LogP contribution < -0.4 is 5.32 Å². The van der Waals surface area contributed by atoms with Crippen molar-refractivity contribution in [2.75, 3.05) is 13.2 Å². The molecule has 35 heavy (non-hydrogen) atoms. The van der Waals surface area contributed by atoms with Crippen molar-refractivity contribution >= 4 is 18.0 Å². The number of carboxylic acid groups (broad SMARTS) is 1. The maximum absolute atomic E-state index is 12.9. The van der Waals surface area contributed by atoms with Gasteiger partial charge in [-0.25, -0.2) is 4.79 Å². The normalized spacial score (nSPS) is 19.5. The first-order chi connectivity index (χ1) is 16.9. The van der Waals surface area contributed by atoms with Crippen molar-refractivity contribution in [3.63, 3.8) is 0 Å². The van der Waals surface area contributed by atoms with E-state index in [1.807, 2.05) is 38.1 Å². The molecule has 4 rings (SSSR count). The average Bonchev–Trinajstić information content (AvgIpc) is 3.42. The second kappa shape index (κ2) is 10.9. The molecule has 3 unspecified atom stereocenters. The van der Waals surface area contributed by atoms with E-state index in [0.717, 1.165) is 30.4 Å². The number of carboxylic acids is 1. The molecule has 0 aliphatic heterocycles. The predicted octanol–water partition coefficient (Wildman–Crippen LogP) is 4.80. The predicted molar refractivity (Wildman–Crippen MR) is 133 cm³/mol. The lowest BCUT2D eigenvalue weighted by molar-refractivity contribution is -0.146. The van der Waals surface area contributed by atoms with Crippen molar-refractivity contribution in [2.24, 2.45) is 5.92 Å². The van der Waals surface area contributed by atoms with Gasteiger partial charge >= 0.3 is 12.1 Å². The topological polar surface area (TPSA) is 95.9 Å². The van der Waals surface area contributed by atoms with E-state index in [1.165, 1.54) is 16.0 Å². The number of fused-ring (bicyclic) bond motifs is 3. The zero-order chi connectivity index (χ0) is 24.9. The van der Waals surface area contributed by atoms with Gasteiger partial charge in [0.1, 0.15) is 13.2 Å². The molecule has 1 fully saturated rings. The van der Waals surface area contributed by atoms with Gasteiger partial charge in [-0.1, -0.05) is 61.9 Å². The molecule has 0 heterocycles. The summed E-state index contributed by atoms with van der Waals surface area (Å²) in [5.41, 5.74) is 4.68. The highest BCUT2D eigenvalue weighted by molar-refractivity contribution is 5.82. The Balaban J connectivity index is 1.35. The monoisotopic (exact) mass is 478 g/mol. The molecule has 0 spiro atoms. The number of rotatable bonds is 9. The van der Waals surface area contributed by atoms with E-state index >= 15 is 0 Å². The number of hydrogen-bond donors (Lipinski definition) is 2. The Morgan fingerprint density at radius 2 is 1.69 bits per heavy atom. The number of carbonyl (C=O) groups excluding carboxylic acids is 2. The summed E-state index contributed by atoms with van der Waals surface area (Å²) in [5.74, 6) is -1.22. The van der Waals surface area contributed by atoms with Gasteiger partial charge in [0.15, 0.2) is 0 Å². The number of aliphatic carboxylic acids is 1. The number of ether oxygens (including phenoxy) is 1. The van der Waals surface area contributed by atoms with Crippen LogP contribution in [0.2, 0.25) is 0 Å². The minimum Gasteiger partial charge on any atom is -0.480 e. The molecule has 0 aromatic heterocycles. The summed E-state index contributed by atoms with van der Waals surface area (Å²) in [6.07, 6.45) is 2.96. The average molecular weight is 479 g/mol. The third kappa shape index (κ3) is 5.50. The van der Waals surface area contributed by atoms with Gasteiger partial charge in [-0.3, -0.25) is 9.59 Å². The number of nitrogens with zero attached hydrogens (tertiary/aromatic N) is 1. The van der Waals surface area contributed by atoms with Crippen LogP contribution in [0.5, 0.6) is 0 Å². The molecule has 0 saturated heterocycles. The van der Waals surface area contributed by atoms with Crippen LogP contribution in [0.4, 0.5) is 4.79 Å². The molecule has 2 aromatic rings. The first kappa shape index (κ1) is 24.8. The molecule has 2 aliphatic carbocycles. The van der Waals surface area contributed by atoms with Crippen LogP contribution in [0, 0.1) is 5.92 Å². The molecule has 1 saturated carbocycles. The third-order valence-corrected chi connectivity index (χ3v) is 7.49. The fraction of sp³-hybridized carbons (Fsp3) is 0.464. The van der Waals surface area contributed by atoms with Crippen LogP contribution in [-0.4, -0.2) is 53.2 Å². The van der Waals surface area contributed by atoms with Crippen molar-refractivity contribution < 1.29 is 24.2 Å². The van der Waals surface area contributed by atoms with E-state index in [0.29, 0.717) is 6.42 Å². The third-order valence-electron chi connectivity index (χ3n) is 7.49. The number of carbonyl (C=O) groups is 3. The zero-order valence-electron chi connectivity index (χ0n) is 20.4. The Kier molecular flexibility index (Phi) is 7.73. The number of nitrogens with one attached hydrogen (secondary N) is 1. The molecule has 186 valence electrons. The Bertz CT molecular complexity index is 1040. The van der Waals surface area contributed by atoms with Crippen LogP contribution in [0.3, 0.4) is 0 Å². The smallest absolute Gasteiger partial charge is 0.407 e. The highest BCUT2D eigenvalue weighted by Gasteiger charge is 2.34. The summed E-state index contributed by atoms with van der Waals surface area (Å²) in [6, 6.07) is 16.1. The molecule has 3 atom stereocenters. The van der Waals surface area contributed by atoms with Crippen molar-refractivity contribution in [2.45, 2.75) is 64.0 Å². The fourth-order valence-corrected chi connectivity index (χ4v) is 5.46. The number of alkyl carbamates (subject to hydrolysis) is 1. The molecular formula is C28H34N2O5. The largest absolute Gasteiger partial charge is 0.480 e. The van der Waals surface area contributed by atoms with Gasteiger partial charge in [0.2, 0.25) is 5.91 Å². The number of hydrogen-bond acceptors (Lipinski definition) is 4. The van der Waals surface area contributed by atoms with Crippen LogP contribution in [0.1, 0.15) is 63.0 Å². The van der Waals surface area contributed by atoms with E-state index in [-0.39, 0.29) is 49.4 Å². The highest BCUT2D eigenvalue weighted by Crippen LogP contribution is 2.44. The molecule has 0 radical (unpaired) electrons. The van der Waals surface area contributed by atoms with Gasteiger partial charge < -0.3 is 20.1 Å². The van der Waals surface area contributed by atoms with Crippen molar-refractivity contribution in [1.29, 1.82) is 0 Å². The van der Waals surface area contributed by atoms with Gasteiger partial charge in [-0.15, -0.1) is 0 Å². The lowest BCUT2D eigenvalue weighted by Gasteiger charge is -2.29. The van der Waals surface area contributed by atoms with Crippen LogP contribution in [-0.2, 0) is 14.3 Å². The van der Waals surface area contributed by atoms with Crippen molar-refractivity contribution in [1.82, 2.24) is 10.2 Å². The maximum atomic E-state index is 12.9. The molecule has 2 aliphatic rings. The fourth-order valence-electron chi connectivity index (χ4n) is 5.46. The zero-order valence-corrected chi connectivity index (χ0v) is 20.4. The van der Waals surface area contributed by atoms with Crippen molar-refractivity contribution in [3.8, 4) is 11.1 Å². The Morgan fingerprint density at radius 3 is 2.29 bits per heavy atom. The summed E-state index contributed by atoms with van der Waals surface area (Å²) in [5, 5.41) is 12.2. The molecule has 2 amide bonds. The second-order valence-corrected chi connectivity index (χ2v) is 9.64. The minimum atomic E-state index is -1.02.